The zero-order valence-electron chi connectivity index (χ0n) is 20.5. The van der Waals surface area contributed by atoms with Crippen LogP contribution < -0.4 is 14.8 Å². The van der Waals surface area contributed by atoms with Gasteiger partial charge < -0.3 is 10.1 Å². The van der Waals surface area contributed by atoms with Gasteiger partial charge in [-0.1, -0.05) is 60.7 Å². The SMILES string of the molecule is CCOc1ccc(S(=O)(=O)N[C@@H](Cc2ccccc2)C(=O)N[C@H](C)CCc2ccccc2)cc1C. The Kier molecular flexibility index (Phi) is 9.46. The standard InChI is InChI=1S/C28H34N2O4S/c1-4-34-27-18-17-25(19-21(27)2)35(32,33)30-26(20-24-13-9-6-10-14-24)28(31)29-22(3)15-16-23-11-7-5-8-12-23/h5-14,17-19,22,26,30H,4,15-16,20H2,1-3H3,(H,29,31)/t22-,26+/m1/s1. The average Bonchev–Trinajstić information content (AvgIpc) is 2.85. The van der Waals surface area contributed by atoms with Crippen molar-refractivity contribution in [1.29, 1.82) is 0 Å². The van der Waals surface area contributed by atoms with Gasteiger partial charge in [-0.15, -0.1) is 0 Å². The summed E-state index contributed by atoms with van der Waals surface area (Å²) in [5, 5.41) is 3.00. The van der Waals surface area contributed by atoms with Crippen LogP contribution in [0.5, 0.6) is 5.75 Å². The van der Waals surface area contributed by atoms with Crippen molar-refractivity contribution in [3.05, 3.63) is 95.6 Å². The van der Waals surface area contributed by atoms with Crippen LogP contribution in [0.2, 0.25) is 0 Å². The molecule has 186 valence electrons. The molecule has 0 aromatic heterocycles. The van der Waals surface area contributed by atoms with Crippen molar-refractivity contribution < 1.29 is 17.9 Å². The van der Waals surface area contributed by atoms with Crippen LogP contribution in [0.4, 0.5) is 0 Å². The molecule has 0 unspecified atom stereocenters. The van der Waals surface area contributed by atoms with E-state index in [0.29, 0.717) is 17.9 Å². The van der Waals surface area contributed by atoms with E-state index in [-0.39, 0.29) is 23.3 Å². The molecule has 1 amide bonds. The number of carbonyl (C=O) groups excluding carboxylic acids is 1. The molecule has 0 aliphatic carbocycles. The molecule has 7 heteroatoms. The molecule has 3 rings (SSSR count). The summed E-state index contributed by atoms with van der Waals surface area (Å²) in [4.78, 5) is 13.3. The number of nitrogens with one attached hydrogen (secondary N) is 2. The molecule has 2 atom stereocenters. The van der Waals surface area contributed by atoms with Gasteiger partial charge in [0, 0.05) is 6.04 Å². The van der Waals surface area contributed by atoms with E-state index >= 15 is 0 Å². The number of carbonyl (C=O) groups is 1. The Morgan fingerprint density at radius 2 is 1.57 bits per heavy atom. The third kappa shape index (κ3) is 7.94. The molecule has 3 aromatic rings. The number of sulfonamides is 1. The number of benzene rings is 3. The van der Waals surface area contributed by atoms with Gasteiger partial charge in [-0.2, -0.15) is 4.72 Å². The molecule has 0 fully saturated rings. The van der Waals surface area contributed by atoms with Crippen LogP contribution in [0, 0.1) is 6.92 Å². The fourth-order valence-corrected chi connectivity index (χ4v) is 5.12. The zero-order valence-corrected chi connectivity index (χ0v) is 21.3. The molecule has 2 N–H and O–H groups in total. The van der Waals surface area contributed by atoms with Gasteiger partial charge in [0.2, 0.25) is 15.9 Å². The predicted molar refractivity (Wildman–Crippen MR) is 139 cm³/mol. The first-order valence-electron chi connectivity index (χ1n) is 11.9. The second-order valence-corrected chi connectivity index (χ2v) is 10.4. The highest BCUT2D eigenvalue weighted by atomic mass is 32.2. The maximum atomic E-state index is 13.2. The van der Waals surface area contributed by atoms with Gasteiger partial charge in [-0.3, -0.25) is 4.79 Å². The summed E-state index contributed by atoms with van der Waals surface area (Å²) in [6.45, 7) is 6.10. The summed E-state index contributed by atoms with van der Waals surface area (Å²) in [5.74, 6) is 0.290. The van der Waals surface area contributed by atoms with Gasteiger partial charge >= 0.3 is 0 Å². The van der Waals surface area contributed by atoms with Crippen LogP contribution in [0.3, 0.4) is 0 Å². The van der Waals surface area contributed by atoms with Crippen molar-refractivity contribution in [3.8, 4) is 5.75 Å². The first-order valence-corrected chi connectivity index (χ1v) is 13.4. The van der Waals surface area contributed by atoms with Crippen LogP contribution in [0.25, 0.3) is 0 Å². The quantitative estimate of drug-likeness (QED) is 0.390. The van der Waals surface area contributed by atoms with E-state index in [1.807, 2.05) is 62.4 Å². The predicted octanol–water partition coefficient (Wildman–Crippen LogP) is 4.42. The Hall–Kier alpha value is -3.16. The molecule has 6 nitrogen and oxygen atoms in total. The topological polar surface area (TPSA) is 84.5 Å². The number of rotatable bonds is 12. The first kappa shape index (κ1) is 26.4. The molecular weight excluding hydrogens is 460 g/mol. The van der Waals surface area contributed by atoms with Crippen LogP contribution in [-0.4, -0.2) is 33.0 Å². The van der Waals surface area contributed by atoms with Gasteiger partial charge in [-0.05, 0) is 74.9 Å². The second kappa shape index (κ2) is 12.5. The van der Waals surface area contributed by atoms with Gasteiger partial charge in [0.1, 0.15) is 11.8 Å². The Balaban J connectivity index is 1.74. The van der Waals surface area contributed by atoms with E-state index in [1.165, 1.54) is 11.6 Å². The first-order chi connectivity index (χ1) is 16.8. The minimum atomic E-state index is -3.94. The monoisotopic (exact) mass is 494 g/mol. The third-order valence-corrected chi connectivity index (χ3v) is 7.22. The number of hydrogen-bond acceptors (Lipinski definition) is 4. The van der Waals surface area contributed by atoms with Gasteiger partial charge in [-0.25, -0.2) is 8.42 Å². The molecule has 0 saturated carbocycles. The average molecular weight is 495 g/mol. The van der Waals surface area contributed by atoms with Crippen molar-refractivity contribution in [2.75, 3.05) is 6.61 Å². The molecule has 0 aliphatic heterocycles. The van der Waals surface area contributed by atoms with Gasteiger partial charge in [0.25, 0.3) is 0 Å². The summed E-state index contributed by atoms with van der Waals surface area (Å²) in [7, 11) is -3.94. The Morgan fingerprint density at radius 3 is 2.17 bits per heavy atom. The van der Waals surface area contributed by atoms with Crippen LogP contribution in [0.15, 0.2) is 83.8 Å². The highest BCUT2D eigenvalue weighted by Gasteiger charge is 2.27. The molecule has 0 bridgehead atoms. The summed E-state index contributed by atoms with van der Waals surface area (Å²) < 4.78 is 34.6. The minimum Gasteiger partial charge on any atom is -0.494 e. The molecule has 3 aromatic carbocycles. The van der Waals surface area contributed by atoms with Crippen molar-refractivity contribution in [3.63, 3.8) is 0 Å². The number of amides is 1. The molecule has 35 heavy (non-hydrogen) atoms. The summed E-state index contributed by atoms with van der Waals surface area (Å²) in [6, 6.07) is 23.1. The highest BCUT2D eigenvalue weighted by Crippen LogP contribution is 2.22. The van der Waals surface area contributed by atoms with E-state index in [0.717, 1.165) is 18.4 Å². The largest absolute Gasteiger partial charge is 0.494 e. The van der Waals surface area contributed by atoms with E-state index in [2.05, 4.69) is 22.2 Å². The van der Waals surface area contributed by atoms with Crippen molar-refractivity contribution in [2.45, 2.75) is 57.0 Å². The molecule has 0 spiro atoms. The summed E-state index contributed by atoms with van der Waals surface area (Å²) in [5.41, 5.74) is 2.78. The van der Waals surface area contributed by atoms with E-state index in [9.17, 15) is 13.2 Å². The van der Waals surface area contributed by atoms with Crippen LogP contribution >= 0.6 is 0 Å². The fraction of sp³-hybridized carbons (Fsp3) is 0.321. The lowest BCUT2D eigenvalue weighted by molar-refractivity contribution is -0.123. The van der Waals surface area contributed by atoms with Crippen LogP contribution in [-0.2, 0) is 27.7 Å². The van der Waals surface area contributed by atoms with Gasteiger partial charge in [0.15, 0.2) is 0 Å². The maximum Gasteiger partial charge on any atom is 0.241 e. The lowest BCUT2D eigenvalue weighted by Crippen LogP contribution is -2.50. The number of ether oxygens (including phenoxy) is 1. The lowest BCUT2D eigenvalue weighted by atomic mass is 10.0. The lowest BCUT2D eigenvalue weighted by Gasteiger charge is -2.22. The van der Waals surface area contributed by atoms with E-state index < -0.39 is 16.1 Å². The van der Waals surface area contributed by atoms with Crippen molar-refractivity contribution >= 4 is 15.9 Å². The second-order valence-electron chi connectivity index (χ2n) is 8.66. The summed E-state index contributed by atoms with van der Waals surface area (Å²) >= 11 is 0. The fourth-order valence-electron chi connectivity index (χ4n) is 3.84. The molecular formula is C28H34N2O4S. The van der Waals surface area contributed by atoms with E-state index in [4.69, 9.17) is 4.74 Å². The van der Waals surface area contributed by atoms with Gasteiger partial charge in [0.05, 0.1) is 11.5 Å². The molecule has 0 heterocycles. The summed E-state index contributed by atoms with van der Waals surface area (Å²) in [6.07, 6.45) is 1.81. The minimum absolute atomic E-state index is 0.0986. The third-order valence-electron chi connectivity index (χ3n) is 5.75. The van der Waals surface area contributed by atoms with E-state index in [1.54, 1.807) is 19.1 Å². The van der Waals surface area contributed by atoms with Crippen LogP contribution in [0.1, 0.15) is 37.0 Å². The smallest absolute Gasteiger partial charge is 0.241 e. The maximum absolute atomic E-state index is 13.2. The Labute approximate surface area is 208 Å². The Bertz CT molecular complexity index is 1200. The molecule has 0 radical (unpaired) electrons. The number of hydrogen-bond donors (Lipinski definition) is 2. The molecule has 0 saturated heterocycles. The Morgan fingerprint density at radius 1 is 0.943 bits per heavy atom. The number of aryl methyl sites for hydroxylation is 2. The highest BCUT2D eigenvalue weighted by molar-refractivity contribution is 7.89. The van der Waals surface area contributed by atoms with Crippen molar-refractivity contribution in [1.82, 2.24) is 10.0 Å². The zero-order chi connectivity index (χ0) is 25.3. The molecule has 0 aliphatic rings. The van der Waals surface area contributed by atoms with Crippen molar-refractivity contribution in [2.24, 2.45) is 0 Å². The normalized spacial score (nSPS) is 13.1.